The second kappa shape index (κ2) is 4.50. The zero-order valence-corrected chi connectivity index (χ0v) is 13.7. The van der Waals surface area contributed by atoms with Crippen LogP contribution in [0.25, 0.3) is 0 Å². The Balaban J connectivity index is 1.55. The Morgan fingerprint density at radius 2 is 1.91 bits per heavy atom. The van der Waals surface area contributed by atoms with E-state index in [0.717, 1.165) is 6.42 Å². The number of fused-ring (bicyclic) bond motifs is 5. The maximum Gasteiger partial charge on any atom is 0.348 e. The molecule has 1 heterocycles. The van der Waals surface area contributed by atoms with Crippen LogP contribution in [0.1, 0.15) is 45.6 Å². The minimum absolute atomic E-state index is 0.0412. The van der Waals surface area contributed by atoms with Crippen molar-refractivity contribution in [3.05, 3.63) is 41.1 Å². The third kappa shape index (κ3) is 1.65. The number of aryl methyl sites for hydroxylation is 1. The maximum atomic E-state index is 12.8. The fraction of sp³-hybridized carbons (Fsp3) is 0.632. The first kappa shape index (κ1) is 14.1. The van der Waals surface area contributed by atoms with E-state index in [0.29, 0.717) is 18.2 Å². The summed E-state index contributed by atoms with van der Waals surface area (Å²) in [5.74, 6) is 1.13. The summed E-state index contributed by atoms with van der Waals surface area (Å²) in [6.45, 7) is 6.97. The van der Waals surface area contributed by atoms with Crippen LogP contribution >= 0.6 is 0 Å². The zero-order chi connectivity index (χ0) is 15.5. The molecule has 2 fully saturated rings. The highest BCUT2D eigenvalue weighted by Gasteiger charge is 2.73. The van der Waals surface area contributed by atoms with E-state index in [1.807, 2.05) is 18.2 Å². The lowest BCUT2D eigenvalue weighted by Crippen LogP contribution is -2.40. The van der Waals surface area contributed by atoms with Crippen molar-refractivity contribution in [2.75, 3.05) is 0 Å². The molecule has 0 saturated heterocycles. The molecule has 0 spiro atoms. The number of nitrogens with zero attached hydrogens (tertiary/aromatic N) is 1. The molecule has 2 aliphatic carbocycles. The molecule has 2 bridgehead atoms. The normalized spacial score (nSPS) is 38.2. The monoisotopic (exact) mass is 299 g/mol. The van der Waals surface area contributed by atoms with Crippen molar-refractivity contribution in [2.45, 2.75) is 58.6 Å². The van der Waals surface area contributed by atoms with Crippen LogP contribution in [0.5, 0.6) is 0 Å². The van der Waals surface area contributed by atoms with Gasteiger partial charge in [-0.1, -0.05) is 51.1 Å². The van der Waals surface area contributed by atoms with Gasteiger partial charge in [0.05, 0.1) is 6.42 Å². The van der Waals surface area contributed by atoms with Crippen molar-refractivity contribution in [3.8, 4) is 0 Å². The average Bonchev–Trinajstić information content (AvgIpc) is 3.01. The highest BCUT2D eigenvalue weighted by Crippen LogP contribution is 2.67. The van der Waals surface area contributed by atoms with Crippen molar-refractivity contribution in [1.82, 2.24) is 0 Å². The standard InChI is InChI=1S/C19H25NO2/c1-18(2)14-11-12-19(18,3)17-16(14)20(21)15(22-17)10-9-13-7-5-4-6-8-13/h4-8,14,16-17H,9-12H2,1-3H3/t14-,16-,17-,19+/m1/s1. The van der Waals surface area contributed by atoms with E-state index in [1.165, 1.54) is 23.1 Å². The molecule has 2 saturated carbocycles. The zero-order valence-electron chi connectivity index (χ0n) is 13.7. The molecule has 1 aliphatic heterocycles. The van der Waals surface area contributed by atoms with Gasteiger partial charge in [-0.15, -0.1) is 0 Å². The van der Waals surface area contributed by atoms with Crippen molar-refractivity contribution in [1.29, 1.82) is 0 Å². The summed E-state index contributed by atoms with van der Waals surface area (Å²) in [4.78, 5) is 0. The molecule has 0 amide bonds. The van der Waals surface area contributed by atoms with Gasteiger partial charge in [-0.05, 0) is 30.2 Å². The van der Waals surface area contributed by atoms with Gasteiger partial charge in [-0.25, -0.2) is 0 Å². The molecule has 1 aromatic carbocycles. The summed E-state index contributed by atoms with van der Waals surface area (Å²) >= 11 is 0. The molecule has 0 radical (unpaired) electrons. The van der Waals surface area contributed by atoms with Gasteiger partial charge in [-0.3, -0.25) is 0 Å². The van der Waals surface area contributed by atoms with Gasteiger partial charge in [0.2, 0.25) is 6.04 Å². The first-order chi connectivity index (χ1) is 10.4. The van der Waals surface area contributed by atoms with Gasteiger partial charge in [0.1, 0.15) is 0 Å². The smallest absolute Gasteiger partial charge is 0.348 e. The summed E-state index contributed by atoms with van der Waals surface area (Å²) in [5.41, 5.74) is 1.61. The Morgan fingerprint density at radius 1 is 1.18 bits per heavy atom. The molecule has 118 valence electrons. The maximum absolute atomic E-state index is 12.8. The van der Waals surface area contributed by atoms with E-state index in [2.05, 4.69) is 32.9 Å². The largest absolute Gasteiger partial charge is 0.621 e. The number of benzene rings is 1. The summed E-state index contributed by atoms with van der Waals surface area (Å²) in [7, 11) is 0. The molecule has 0 aromatic heterocycles. The van der Waals surface area contributed by atoms with E-state index in [1.54, 1.807) is 0 Å². The third-order valence-corrected chi connectivity index (χ3v) is 6.97. The molecular formula is C19H25NO2. The van der Waals surface area contributed by atoms with Gasteiger partial charge in [-0.2, -0.15) is 4.74 Å². The Kier molecular flexibility index (Phi) is 2.88. The molecule has 3 heteroatoms. The molecule has 22 heavy (non-hydrogen) atoms. The molecule has 1 aromatic rings. The van der Waals surface area contributed by atoms with E-state index in [-0.39, 0.29) is 23.0 Å². The number of ether oxygens (including phenoxy) is 1. The summed E-state index contributed by atoms with van der Waals surface area (Å²) in [6.07, 6.45) is 4.03. The van der Waals surface area contributed by atoms with Crippen molar-refractivity contribution in [3.63, 3.8) is 0 Å². The van der Waals surface area contributed by atoms with Gasteiger partial charge in [0.15, 0.2) is 6.10 Å². The van der Waals surface area contributed by atoms with Gasteiger partial charge < -0.3 is 9.94 Å². The molecule has 0 N–H and O–H groups in total. The SMILES string of the molecule is CC1(C)[C@@H]2CC[C@@]1(C)[C@@H]1OC(CCc3ccccc3)=[N+]([O-])[C@H]21. The van der Waals surface area contributed by atoms with Crippen LogP contribution in [0.3, 0.4) is 0 Å². The minimum atomic E-state index is 0.0412. The fourth-order valence-corrected chi connectivity index (χ4v) is 5.17. The van der Waals surface area contributed by atoms with E-state index >= 15 is 0 Å². The van der Waals surface area contributed by atoms with Crippen molar-refractivity contribution >= 4 is 5.90 Å². The van der Waals surface area contributed by atoms with Crippen LogP contribution in [0.15, 0.2) is 30.3 Å². The Morgan fingerprint density at radius 3 is 2.59 bits per heavy atom. The van der Waals surface area contributed by atoms with Crippen molar-refractivity contribution < 1.29 is 9.48 Å². The first-order valence-electron chi connectivity index (χ1n) is 8.48. The van der Waals surface area contributed by atoms with Crippen LogP contribution < -0.4 is 0 Å². The van der Waals surface area contributed by atoms with Crippen LogP contribution in [-0.4, -0.2) is 22.8 Å². The predicted octanol–water partition coefficient (Wildman–Crippen LogP) is 3.75. The Labute approximate surface area is 132 Å². The highest BCUT2D eigenvalue weighted by molar-refractivity contribution is 5.73. The summed E-state index contributed by atoms with van der Waals surface area (Å²) < 4.78 is 7.45. The lowest BCUT2D eigenvalue weighted by molar-refractivity contribution is -0.505. The quantitative estimate of drug-likeness (QED) is 0.629. The van der Waals surface area contributed by atoms with Crippen LogP contribution in [0.2, 0.25) is 0 Å². The van der Waals surface area contributed by atoms with Crippen LogP contribution in [0, 0.1) is 22.0 Å². The van der Waals surface area contributed by atoms with Gasteiger partial charge >= 0.3 is 5.90 Å². The van der Waals surface area contributed by atoms with E-state index in [4.69, 9.17) is 4.74 Å². The van der Waals surface area contributed by atoms with E-state index in [9.17, 15) is 5.21 Å². The number of hydroxylamine groups is 1. The minimum Gasteiger partial charge on any atom is -0.621 e. The highest BCUT2D eigenvalue weighted by atomic mass is 16.6. The summed E-state index contributed by atoms with van der Waals surface area (Å²) in [5, 5.41) is 12.8. The van der Waals surface area contributed by atoms with Gasteiger partial charge in [0, 0.05) is 11.3 Å². The average molecular weight is 299 g/mol. The molecule has 4 atom stereocenters. The first-order valence-corrected chi connectivity index (χ1v) is 8.48. The lowest BCUT2D eigenvalue weighted by atomic mass is 9.70. The second-order valence-electron chi connectivity index (χ2n) is 8.02. The second-order valence-corrected chi connectivity index (χ2v) is 8.02. The number of hydrogen-bond donors (Lipinski definition) is 0. The van der Waals surface area contributed by atoms with Gasteiger partial charge in [0.25, 0.3) is 0 Å². The Hall–Kier alpha value is -1.51. The predicted molar refractivity (Wildman–Crippen MR) is 86.7 cm³/mol. The molecule has 0 unspecified atom stereocenters. The Bertz CT molecular complexity index is 622. The lowest BCUT2D eigenvalue weighted by Gasteiger charge is -2.36. The molecular weight excluding hydrogens is 274 g/mol. The number of rotatable bonds is 3. The summed E-state index contributed by atoms with van der Waals surface area (Å²) in [6, 6.07) is 10.4. The van der Waals surface area contributed by atoms with Crippen LogP contribution in [-0.2, 0) is 11.2 Å². The van der Waals surface area contributed by atoms with E-state index < -0.39 is 0 Å². The molecule has 4 rings (SSSR count). The third-order valence-electron chi connectivity index (χ3n) is 6.97. The fourth-order valence-electron chi connectivity index (χ4n) is 5.17. The molecule has 3 nitrogen and oxygen atoms in total. The van der Waals surface area contributed by atoms with Crippen LogP contribution in [0.4, 0.5) is 0 Å². The topological polar surface area (TPSA) is 35.3 Å². The number of hydrogen-bond acceptors (Lipinski definition) is 2. The van der Waals surface area contributed by atoms with Crippen molar-refractivity contribution in [2.24, 2.45) is 16.7 Å². The molecule has 3 aliphatic rings.